The Hall–Kier alpha value is -10.4. The normalized spacial score (nSPS) is 26.3. The number of thioether (sulfide) groups is 1. The van der Waals surface area contributed by atoms with Crippen LogP contribution in [-0.2, 0) is 62.2 Å². The molecule has 0 aromatic carbocycles. The van der Waals surface area contributed by atoms with Gasteiger partial charge in [-0.1, -0.05) is 98.8 Å². The van der Waals surface area contributed by atoms with E-state index in [0.717, 1.165) is 63.4 Å². The first kappa shape index (κ1) is 106. The van der Waals surface area contributed by atoms with Crippen molar-refractivity contribution in [3.8, 4) is 0 Å². The number of nitrogens with one attached hydrogen (secondary N) is 13. The molecule has 43 nitrogen and oxygen atoms in total. The van der Waals surface area contributed by atoms with Gasteiger partial charge in [0.25, 0.3) is 23.6 Å². The molecule has 4 aliphatic carbocycles. The van der Waals surface area contributed by atoms with Gasteiger partial charge in [0.05, 0.1) is 29.8 Å². The Morgan fingerprint density at radius 1 is 0.437 bits per heavy atom. The average molecular weight is 1800 g/mol. The zero-order chi connectivity index (χ0) is 91.1. The molecule has 126 heavy (non-hydrogen) atoms. The van der Waals surface area contributed by atoms with E-state index in [-0.39, 0.29) is 52.9 Å². The van der Waals surface area contributed by atoms with E-state index in [0.29, 0.717) is 124 Å². The fraction of sp³-hybridized carbons (Fsp3) is 0.768. The predicted molar refractivity (Wildman–Crippen MR) is 472 cm³/mol. The van der Waals surface area contributed by atoms with Crippen LogP contribution in [0.4, 0.5) is 19.2 Å². The molecule has 8 aliphatic heterocycles. The van der Waals surface area contributed by atoms with Gasteiger partial charge in [0.1, 0.15) is 61.5 Å². The monoisotopic (exact) mass is 1800 g/mol. The minimum atomic E-state index is -1.22. The van der Waals surface area contributed by atoms with Crippen molar-refractivity contribution in [1.82, 2.24) is 88.7 Å². The number of amides is 14. The number of hydrogen-bond donors (Lipinski definition) is 18. The van der Waals surface area contributed by atoms with Gasteiger partial charge in [0.15, 0.2) is 23.0 Å². The fourth-order valence-corrected chi connectivity index (χ4v) is 15.9. The number of carboxylic acids is 3. The molecule has 0 aromatic heterocycles. The summed E-state index contributed by atoms with van der Waals surface area (Å²) in [5, 5.41) is 66.2. The Morgan fingerprint density at radius 3 is 1.02 bits per heavy atom. The number of nitrogens with two attached hydrogens (primary N) is 2. The van der Waals surface area contributed by atoms with Gasteiger partial charge in [-0.05, 0) is 151 Å². The molecular formula is C82H141N23O20S. The molecule has 12 rings (SSSR count). The highest BCUT2D eigenvalue weighted by molar-refractivity contribution is 8.13. The van der Waals surface area contributed by atoms with Crippen LogP contribution in [-0.4, -0.2) is 309 Å². The fourth-order valence-electron chi connectivity index (χ4n) is 15.4. The van der Waals surface area contributed by atoms with E-state index in [2.05, 4.69) is 95.3 Å². The standard InChI is InChI=1S/C23H38N6O5.C19H30N6O5.C15H23N5O4.C8H14N2S.C8H17NO2.C7H11N3O4.2CH4/c1-14(20(32)34-23(2,3)4)12-25-18(30)13-29-19(31)17(28-22(29)33)10-7-11-24-21-26-15-8-5-6-9-16(15)27-21;1-11(17(28)29)9-21-15(26)10-25-16(27)14(24-19(25)30)7-4-8-20-18-22-12-5-2-3-6-13(12)23-18;21-12(22)8-20-13(23)11(19-15(20)24)6-3-7-16-14-17-9-4-1-2-5-10(9)18-14;1-11-8-9-6-4-2-3-5-7(6)10-8;1-6(5-9)7(10)11-8(2,3)4;8-2-1-4-6(13)10(3-5(11)12)7(14)9-4;;/h14-17H,5-13H2,1-4H3,(H,25,30)(H,28,33)(H2,24,26,27);11-14H,2-10H2,1H3,(H,21,26)(H,24,30)(H,28,29)(H2,20,22,23);9-11H,1-8H2,(H,19,24)(H,21,22)(H2,16,17,18);6-7H,2-5H2,1H3,(H,9,10);6H,5,9H2,1-4H3;4H,1-3,8H2,(H,9,14)(H,11,12);2*1H4/t14-,15-,16+,17-;11-,12-,13+,14-;9-,10+,11-;6-,7+;6-;4-;;/m000.00../s1. The second kappa shape index (κ2) is 51.4. The van der Waals surface area contributed by atoms with E-state index in [1.807, 2.05) is 20.8 Å². The highest BCUT2D eigenvalue weighted by Gasteiger charge is 2.44. The summed E-state index contributed by atoms with van der Waals surface area (Å²) in [5.74, 6) is -6.10. The molecule has 0 aromatic rings. The summed E-state index contributed by atoms with van der Waals surface area (Å²) in [6.45, 7) is 15.9. The van der Waals surface area contributed by atoms with Crippen LogP contribution in [0.1, 0.15) is 225 Å². The van der Waals surface area contributed by atoms with Crippen molar-refractivity contribution in [1.29, 1.82) is 0 Å². The van der Waals surface area contributed by atoms with Crippen LogP contribution < -0.4 is 80.6 Å². The number of carbonyl (C=O) groups excluding carboxylic acids is 12. The number of guanidine groups is 3. The first-order valence-corrected chi connectivity index (χ1v) is 44.6. The zero-order valence-electron chi connectivity index (χ0n) is 73.1. The molecule has 0 radical (unpaired) electrons. The third-order valence-corrected chi connectivity index (χ3v) is 22.8. The minimum absolute atomic E-state index is 0. The molecule has 0 unspecified atom stereocenters. The summed E-state index contributed by atoms with van der Waals surface area (Å²) < 4.78 is 10.4. The number of carbonyl (C=O) groups is 15. The number of carboxylic acid groups (broad SMARTS) is 3. The maximum Gasteiger partial charge on any atom is 0.325 e. The molecular weight excluding hydrogens is 1660 g/mol. The number of urea groups is 4. The van der Waals surface area contributed by atoms with Gasteiger partial charge in [-0.2, -0.15) is 0 Å². The quantitative estimate of drug-likeness (QED) is 0.0277. The number of aliphatic carboxylic acids is 3. The highest BCUT2D eigenvalue weighted by Crippen LogP contribution is 2.28. The van der Waals surface area contributed by atoms with Crippen LogP contribution in [0.2, 0.25) is 0 Å². The summed E-state index contributed by atoms with van der Waals surface area (Å²) in [5.41, 5.74) is 9.50. The van der Waals surface area contributed by atoms with E-state index >= 15 is 0 Å². The Morgan fingerprint density at radius 2 is 0.730 bits per heavy atom. The summed E-state index contributed by atoms with van der Waals surface area (Å²) in [7, 11) is 0. The molecule has 7 saturated heterocycles. The van der Waals surface area contributed by atoms with Gasteiger partial charge in [-0.15, -0.1) is 0 Å². The van der Waals surface area contributed by atoms with E-state index < -0.39 is 150 Å². The largest absolute Gasteiger partial charge is 0.481 e. The maximum atomic E-state index is 12.6. The van der Waals surface area contributed by atoms with E-state index in [1.54, 1.807) is 46.4 Å². The van der Waals surface area contributed by atoms with Gasteiger partial charge >= 0.3 is 54.0 Å². The lowest BCUT2D eigenvalue weighted by Gasteiger charge is -2.23. The van der Waals surface area contributed by atoms with Crippen molar-refractivity contribution in [2.75, 3.05) is 78.2 Å². The number of rotatable bonds is 30. The van der Waals surface area contributed by atoms with Crippen LogP contribution in [0.3, 0.4) is 0 Å². The lowest BCUT2D eigenvalue weighted by Crippen LogP contribution is -2.43. The molecule has 0 bridgehead atoms. The van der Waals surface area contributed by atoms with Gasteiger partial charge in [0, 0.05) is 75.5 Å². The maximum absolute atomic E-state index is 12.6. The number of esters is 2. The Labute approximate surface area is 742 Å². The van der Waals surface area contributed by atoms with Crippen molar-refractivity contribution in [3.63, 3.8) is 0 Å². The summed E-state index contributed by atoms with van der Waals surface area (Å²) in [4.78, 5) is 196. The van der Waals surface area contributed by atoms with Crippen LogP contribution in [0.25, 0.3) is 0 Å². The van der Waals surface area contributed by atoms with Crippen molar-refractivity contribution < 1.29 is 96.7 Å². The number of hydrogen-bond acceptors (Lipinski definition) is 25. The van der Waals surface area contributed by atoms with Crippen molar-refractivity contribution >= 4 is 124 Å². The molecule has 14 amide bonds. The number of imide groups is 4. The SMILES string of the molecule is C.C.CSC1=N[C@H]2CCCC[C@H]2N1.C[C@@H](CN)C(=O)OC(C)(C)C.C[C@@H](CNC(=O)CN1C(=O)N[C@@H](CCCN=C2N[C@H]3CCCC[C@H]3N2)C1=O)C(=O)O.C[C@@H](CNC(=O)CN1C(=O)N[C@@H](CCCN=C2N[C@H]3CCCC[C@H]3N2)C1=O)C(=O)OC(C)(C)C.NCC[C@@H]1NC(=O)N(CC(=O)O)C1=O.O=C(O)CN1C(=O)N[C@@H](CCCN=C2N[C@H]3CCCC[C@H]3N2)C1=O. The molecule has 4 saturated carbocycles. The third kappa shape index (κ3) is 34.1. The number of ether oxygens (including phenoxy) is 2. The van der Waals surface area contributed by atoms with Crippen LogP contribution in [0.5, 0.6) is 0 Å². The second-order valence-corrected chi connectivity index (χ2v) is 35.5. The Balaban J connectivity index is 0.000000281. The molecule has 15 atom stereocenters. The van der Waals surface area contributed by atoms with Crippen molar-refractivity contribution in [3.05, 3.63) is 0 Å². The number of aliphatic imine (C=N–C) groups is 4. The van der Waals surface area contributed by atoms with E-state index in [9.17, 15) is 71.9 Å². The molecule has 8 heterocycles. The number of fused-ring (bicyclic) bond motifs is 4. The Kier molecular flexibility index (Phi) is 43.3. The van der Waals surface area contributed by atoms with Gasteiger partial charge in [-0.3, -0.25) is 92.3 Å². The predicted octanol–water partition coefficient (Wildman–Crippen LogP) is 1.81. The van der Waals surface area contributed by atoms with Gasteiger partial charge < -0.3 is 105 Å². The number of nitrogens with zero attached hydrogens (tertiary/aromatic N) is 8. The average Bonchev–Trinajstić information content (AvgIpc) is 1.72. The molecule has 20 N–H and O–H groups in total. The van der Waals surface area contributed by atoms with Crippen LogP contribution in [0.15, 0.2) is 20.0 Å². The first-order valence-electron chi connectivity index (χ1n) is 43.4. The second-order valence-electron chi connectivity index (χ2n) is 34.7. The van der Waals surface area contributed by atoms with Crippen LogP contribution >= 0.6 is 11.8 Å². The smallest absolute Gasteiger partial charge is 0.325 e. The lowest BCUT2D eigenvalue weighted by atomic mass is 9.92. The lowest BCUT2D eigenvalue weighted by molar-refractivity contribution is -0.160. The minimum Gasteiger partial charge on any atom is -0.481 e. The summed E-state index contributed by atoms with van der Waals surface area (Å²) in [6.07, 6.45) is 25.4. The molecule has 11 fully saturated rings. The highest BCUT2D eigenvalue weighted by atomic mass is 32.2. The topological polar surface area (TPSA) is 606 Å². The van der Waals surface area contributed by atoms with Crippen molar-refractivity contribution in [2.24, 2.45) is 49.2 Å². The van der Waals surface area contributed by atoms with Gasteiger partial charge in [-0.25, -0.2) is 19.2 Å². The van der Waals surface area contributed by atoms with Crippen LogP contribution in [0, 0.1) is 17.8 Å². The zero-order valence-corrected chi connectivity index (χ0v) is 73.9. The molecule has 44 heteroatoms. The van der Waals surface area contributed by atoms with E-state index in [4.69, 9.17) is 36.3 Å². The summed E-state index contributed by atoms with van der Waals surface area (Å²) >= 11 is 1.74. The molecule has 12 aliphatic rings. The van der Waals surface area contributed by atoms with Gasteiger partial charge in [0.2, 0.25) is 11.8 Å². The third-order valence-electron chi connectivity index (χ3n) is 22.2. The number of amidine groups is 1. The summed E-state index contributed by atoms with van der Waals surface area (Å²) in [6, 6.07) is -1.13. The molecule has 710 valence electrons. The van der Waals surface area contributed by atoms with Crippen molar-refractivity contribution in [2.45, 2.75) is 309 Å². The Bertz CT molecular complexity index is 3830. The first-order chi connectivity index (χ1) is 58.7. The molecule has 0 spiro atoms. The van der Waals surface area contributed by atoms with E-state index in [1.165, 1.54) is 84.0 Å².